The van der Waals surface area contributed by atoms with Crippen molar-refractivity contribution in [2.75, 3.05) is 5.75 Å². The summed E-state index contributed by atoms with van der Waals surface area (Å²) in [6.45, 7) is 5.67. The van der Waals surface area contributed by atoms with Gasteiger partial charge < -0.3 is 15.7 Å². The number of carbonyl (C=O) groups excluding carboxylic acids is 1. The number of hydrogen-bond acceptors (Lipinski definition) is 4. The zero-order valence-corrected chi connectivity index (χ0v) is 11.2. The Morgan fingerprint density at radius 2 is 2.12 bits per heavy atom. The third kappa shape index (κ3) is 2.93. The third-order valence-corrected chi connectivity index (χ3v) is 4.44. The van der Waals surface area contributed by atoms with Gasteiger partial charge in [0.2, 0.25) is 5.91 Å². The van der Waals surface area contributed by atoms with Crippen LogP contribution in [0.25, 0.3) is 0 Å². The molecule has 0 bridgehead atoms. The minimum absolute atomic E-state index is 0.0139. The van der Waals surface area contributed by atoms with Crippen LogP contribution in [0.2, 0.25) is 0 Å². The van der Waals surface area contributed by atoms with Gasteiger partial charge in [-0.15, -0.1) is 11.8 Å². The first-order valence-electron chi connectivity index (χ1n) is 5.82. The summed E-state index contributed by atoms with van der Waals surface area (Å²) in [5, 5.41) is 9.06. The van der Waals surface area contributed by atoms with Crippen molar-refractivity contribution in [1.82, 2.24) is 4.90 Å². The van der Waals surface area contributed by atoms with Crippen LogP contribution in [0.15, 0.2) is 0 Å². The molecule has 3 N–H and O–H groups in total. The molecular formula is C11H20N2O3S. The topological polar surface area (TPSA) is 83.6 Å². The van der Waals surface area contributed by atoms with Gasteiger partial charge in [0.15, 0.2) is 0 Å². The van der Waals surface area contributed by atoms with Crippen LogP contribution in [0.5, 0.6) is 0 Å². The van der Waals surface area contributed by atoms with Gasteiger partial charge in [-0.25, -0.2) is 4.79 Å². The molecule has 0 aromatic heterocycles. The molecule has 0 aliphatic carbocycles. The second kappa shape index (κ2) is 5.73. The van der Waals surface area contributed by atoms with Gasteiger partial charge >= 0.3 is 5.97 Å². The predicted octanol–water partition coefficient (Wildman–Crippen LogP) is 0.734. The van der Waals surface area contributed by atoms with Crippen LogP contribution in [-0.2, 0) is 9.59 Å². The van der Waals surface area contributed by atoms with E-state index in [4.69, 9.17) is 10.8 Å². The van der Waals surface area contributed by atoms with Crippen LogP contribution in [0.3, 0.4) is 0 Å². The molecule has 1 saturated heterocycles. The monoisotopic (exact) mass is 260 g/mol. The van der Waals surface area contributed by atoms with E-state index in [9.17, 15) is 9.59 Å². The lowest BCUT2D eigenvalue weighted by atomic mass is 10.0. The highest BCUT2D eigenvalue weighted by molar-refractivity contribution is 8.00. The Balaban J connectivity index is 2.88. The molecule has 17 heavy (non-hydrogen) atoms. The maximum atomic E-state index is 12.2. The summed E-state index contributed by atoms with van der Waals surface area (Å²) in [4.78, 5) is 24.8. The first-order valence-corrected chi connectivity index (χ1v) is 6.87. The molecule has 0 spiro atoms. The first kappa shape index (κ1) is 14.3. The summed E-state index contributed by atoms with van der Waals surface area (Å²) in [7, 11) is 0. The van der Waals surface area contributed by atoms with Crippen LogP contribution >= 0.6 is 11.8 Å². The molecule has 2 unspecified atom stereocenters. The van der Waals surface area contributed by atoms with Crippen LogP contribution < -0.4 is 5.73 Å². The first-order chi connectivity index (χ1) is 7.90. The zero-order chi connectivity index (χ0) is 13.2. The van der Waals surface area contributed by atoms with Gasteiger partial charge in [-0.05, 0) is 12.3 Å². The molecule has 1 amide bonds. The van der Waals surface area contributed by atoms with Gasteiger partial charge in [-0.2, -0.15) is 0 Å². The zero-order valence-electron chi connectivity index (χ0n) is 10.4. The van der Waals surface area contributed by atoms with Crippen molar-refractivity contribution >= 4 is 23.6 Å². The number of amides is 1. The minimum Gasteiger partial charge on any atom is -0.480 e. The number of carbonyl (C=O) groups is 2. The average Bonchev–Trinajstić information content (AvgIpc) is 2.70. The van der Waals surface area contributed by atoms with Crippen molar-refractivity contribution in [1.29, 1.82) is 0 Å². The van der Waals surface area contributed by atoms with E-state index >= 15 is 0 Å². The molecular weight excluding hydrogens is 240 g/mol. The van der Waals surface area contributed by atoms with Crippen molar-refractivity contribution in [2.24, 2.45) is 11.7 Å². The second-order valence-electron chi connectivity index (χ2n) is 4.57. The summed E-state index contributed by atoms with van der Waals surface area (Å²) in [6, 6.07) is -1.35. The van der Waals surface area contributed by atoms with E-state index in [1.807, 2.05) is 20.8 Å². The molecule has 1 rings (SSSR count). The van der Waals surface area contributed by atoms with Crippen molar-refractivity contribution < 1.29 is 14.7 Å². The van der Waals surface area contributed by atoms with Gasteiger partial charge in [-0.1, -0.05) is 20.8 Å². The lowest BCUT2D eigenvalue weighted by Gasteiger charge is -2.30. The molecule has 0 aromatic rings. The summed E-state index contributed by atoms with van der Waals surface area (Å²) in [6.07, 6.45) is 0.741. The van der Waals surface area contributed by atoms with E-state index in [1.54, 1.807) is 0 Å². The van der Waals surface area contributed by atoms with E-state index in [0.29, 0.717) is 5.75 Å². The summed E-state index contributed by atoms with van der Waals surface area (Å²) >= 11 is 1.51. The molecule has 5 nitrogen and oxygen atoms in total. The second-order valence-corrected chi connectivity index (χ2v) is 5.78. The van der Waals surface area contributed by atoms with Crippen LogP contribution in [0, 0.1) is 5.92 Å². The number of nitrogens with zero attached hydrogens (tertiary/aromatic N) is 1. The van der Waals surface area contributed by atoms with E-state index in [2.05, 4.69) is 0 Å². The Hall–Kier alpha value is -0.750. The van der Waals surface area contributed by atoms with Crippen molar-refractivity contribution in [3.8, 4) is 0 Å². The molecule has 3 atom stereocenters. The summed E-state index contributed by atoms with van der Waals surface area (Å²) in [5.41, 5.74) is 5.83. The number of nitrogens with two attached hydrogens (primary N) is 1. The Labute approximate surface area is 106 Å². The number of rotatable bonds is 4. The van der Waals surface area contributed by atoms with Gasteiger partial charge in [0.1, 0.15) is 6.04 Å². The summed E-state index contributed by atoms with van der Waals surface area (Å²) in [5.74, 6) is -0.730. The molecule has 0 aromatic carbocycles. The molecule has 6 heteroatoms. The highest BCUT2D eigenvalue weighted by Crippen LogP contribution is 2.32. The molecule has 1 aliphatic rings. The summed E-state index contributed by atoms with van der Waals surface area (Å²) < 4.78 is 0. The molecule has 1 fully saturated rings. The lowest BCUT2D eigenvalue weighted by Crippen LogP contribution is -2.53. The smallest absolute Gasteiger partial charge is 0.327 e. The van der Waals surface area contributed by atoms with E-state index in [1.165, 1.54) is 16.7 Å². The van der Waals surface area contributed by atoms with Crippen LogP contribution in [-0.4, -0.2) is 45.1 Å². The van der Waals surface area contributed by atoms with Crippen LogP contribution in [0.4, 0.5) is 0 Å². The highest BCUT2D eigenvalue weighted by atomic mass is 32.2. The Kier molecular flexibility index (Phi) is 4.82. The maximum absolute atomic E-state index is 12.2. The number of carboxylic acid groups (broad SMARTS) is 1. The van der Waals surface area contributed by atoms with Gasteiger partial charge in [0.25, 0.3) is 0 Å². The number of hydrogen-bond donors (Lipinski definition) is 2. The average molecular weight is 260 g/mol. The highest BCUT2D eigenvalue weighted by Gasteiger charge is 2.42. The Bertz CT molecular complexity index is 309. The number of thioether (sulfide) groups is 1. The maximum Gasteiger partial charge on any atom is 0.327 e. The van der Waals surface area contributed by atoms with Crippen LogP contribution in [0.1, 0.15) is 27.2 Å². The van der Waals surface area contributed by atoms with E-state index in [0.717, 1.165) is 6.42 Å². The third-order valence-electron chi connectivity index (χ3n) is 2.98. The Morgan fingerprint density at radius 3 is 2.53 bits per heavy atom. The number of carboxylic acids is 1. The quantitative estimate of drug-likeness (QED) is 0.778. The molecule has 1 heterocycles. The van der Waals surface area contributed by atoms with E-state index < -0.39 is 18.1 Å². The number of aliphatic carboxylic acids is 1. The van der Waals surface area contributed by atoms with Crippen molar-refractivity contribution in [3.05, 3.63) is 0 Å². The molecule has 98 valence electrons. The largest absolute Gasteiger partial charge is 0.480 e. The minimum atomic E-state index is -0.947. The lowest BCUT2D eigenvalue weighted by molar-refractivity contribution is -0.150. The van der Waals surface area contributed by atoms with Crippen molar-refractivity contribution in [3.63, 3.8) is 0 Å². The molecule has 0 radical (unpaired) electrons. The fraction of sp³-hybridized carbons (Fsp3) is 0.818. The normalized spacial score (nSPS) is 26.3. The van der Waals surface area contributed by atoms with E-state index in [-0.39, 0.29) is 17.2 Å². The standard InChI is InChI=1S/C11H20N2O3S/c1-4-8-13(7(5-17-8)11(15)16)10(14)9(12)6(2)3/h6-9H,4-5,12H2,1-3H3,(H,15,16)/t7?,8?,9-/m1/s1. The Morgan fingerprint density at radius 1 is 1.53 bits per heavy atom. The molecule has 0 saturated carbocycles. The molecule has 1 aliphatic heterocycles. The van der Waals surface area contributed by atoms with Gasteiger partial charge in [0.05, 0.1) is 11.4 Å². The fourth-order valence-electron chi connectivity index (χ4n) is 1.82. The SMILES string of the molecule is CCC1SCC(C(=O)O)N1C(=O)[C@H](N)C(C)C. The van der Waals surface area contributed by atoms with Gasteiger partial charge in [0, 0.05) is 5.75 Å². The predicted molar refractivity (Wildman–Crippen MR) is 67.6 cm³/mol. The fourth-order valence-corrected chi connectivity index (χ4v) is 3.18. The van der Waals surface area contributed by atoms with Gasteiger partial charge in [-0.3, -0.25) is 4.79 Å². The van der Waals surface area contributed by atoms with Crippen molar-refractivity contribution in [2.45, 2.75) is 44.6 Å².